The molecule has 0 saturated carbocycles. The first-order chi connectivity index (χ1) is 14.3. The Hall–Kier alpha value is -3.40. The highest BCUT2D eigenvalue weighted by molar-refractivity contribution is 5.93. The first-order valence-electron chi connectivity index (χ1n) is 9.57. The monoisotopic (exact) mass is 417 g/mol. The van der Waals surface area contributed by atoms with Gasteiger partial charge in [0, 0.05) is 51.5 Å². The number of rotatable bonds is 12. The minimum absolute atomic E-state index is 0.0618. The second-order valence-electron chi connectivity index (χ2n) is 6.74. The van der Waals surface area contributed by atoms with Crippen molar-refractivity contribution >= 4 is 40.2 Å². The topological polar surface area (TPSA) is 133 Å². The number of para-hydroxylation sites is 1. The molecule has 2 rings (SSSR count). The van der Waals surface area contributed by atoms with Crippen LogP contribution in [0.2, 0.25) is 0 Å². The van der Waals surface area contributed by atoms with Gasteiger partial charge in [-0.15, -0.1) is 0 Å². The first kappa shape index (κ1) is 22.9. The average molecular weight is 417 g/mol. The minimum Gasteiger partial charge on any atom is -0.480 e. The largest absolute Gasteiger partial charge is 0.480 e. The molecule has 0 aliphatic carbocycles. The number of fused-ring (bicyclic) bond motifs is 1. The molecule has 0 bridgehead atoms. The number of hydrogen-bond donors (Lipinski definition) is 4. The lowest BCUT2D eigenvalue weighted by molar-refractivity contribution is -0.138. The van der Waals surface area contributed by atoms with Crippen LogP contribution < -0.4 is 21.1 Å². The van der Waals surface area contributed by atoms with Gasteiger partial charge >= 0.3 is 5.97 Å². The maximum atomic E-state index is 12.1. The van der Waals surface area contributed by atoms with Crippen molar-refractivity contribution in [1.82, 2.24) is 20.6 Å². The molecular formula is C20H27N5O5. The number of benzene rings is 1. The molecule has 2 aromatic rings. The van der Waals surface area contributed by atoms with E-state index in [9.17, 15) is 19.2 Å². The van der Waals surface area contributed by atoms with E-state index in [1.54, 1.807) is 0 Å². The van der Waals surface area contributed by atoms with Gasteiger partial charge in [0.05, 0.1) is 17.7 Å². The van der Waals surface area contributed by atoms with Crippen molar-refractivity contribution in [2.75, 3.05) is 32.2 Å². The van der Waals surface area contributed by atoms with E-state index in [-0.39, 0.29) is 37.5 Å². The Morgan fingerprint density at radius 3 is 2.37 bits per heavy atom. The van der Waals surface area contributed by atoms with Crippen molar-refractivity contribution in [3.63, 3.8) is 0 Å². The third-order valence-electron chi connectivity index (χ3n) is 4.59. The molecule has 0 saturated heterocycles. The van der Waals surface area contributed by atoms with Crippen LogP contribution in [-0.2, 0) is 25.7 Å². The third kappa shape index (κ3) is 6.59. The van der Waals surface area contributed by atoms with Gasteiger partial charge in [-0.2, -0.15) is 0 Å². The quantitative estimate of drug-likeness (QED) is 0.364. The second kappa shape index (κ2) is 11.0. The molecule has 30 heavy (non-hydrogen) atoms. The lowest BCUT2D eigenvalue weighted by atomic mass is 10.2. The number of hydrogen-bond acceptors (Lipinski definition) is 6. The summed E-state index contributed by atoms with van der Waals surface area (Å²) in [6, 6.07) is 7.90. The summed E-state index contributed by atoms with van der Waals surface area (Å²) in [7, 11) is 3.73. The fraction of sp³-hybridized carbons (Fsp3) is 0.400. The first-order valence-corrected chi connectivity index (χ1v) is 9.57. The number of ketones is 1. The lowest BCUT2D eigenvalue weighted by Crippen LogP contribution is -2.32. The molecular weight excluding hydrogens is 390 g/mol. The van der Waals surface area contributed by atoms with Crippen molar-refractivity contribution in [2.24, 2.45) is 0 Å². The molecule has 2 amide bonds. The number of anilines is 1. The third-order valence-corrected chi connectivity index (χ3v) is 4.59. The fourth-order valence-corrected chi connectivity index (χ4v) is 2.91. The summed E-state index contributed by atoms with van der Waals surface area (Å²) in [5.74, 6) is -2.22. The Morgan fingerprint density at radius 2 is 1.67 bits per heavy atom. The Kier molecular flexibility index (Phi) is 8.36. The summed E-state index contributed by atoms with van der Waals surface area (Å²) >= 11 is 0. The predicted molar refractivity (Wildman–Crippen MR) is 112 cm³/mol. The highest BCUT2D eigenvalue weighted by Gasteiger charge is 2.13. The predicted octanol–water partition coefficient (Wildman–Crippen LogP) is 0.268. The molecule has 0 fully saturated rings. The van der Waals surface area contributed by atoms with Gasteiger partial charge in [-0.25, -0.2) is 5.43 Å². The maximum absolute atomic E-state index is 12.1. The van der Waals surface area contributed by atoms with Gasteiger partial charge in [0.15, 0.2) is 5.78 Å². The summed E-state index contributed by atoms with van der Waals surface area (Å²) in [6.45, 7) is -0.190. The van der Waals surface area contributed by atoms with E-state index in [2.05, 4.69) is 16.1 Å². The molecule has 0 aliphatic heterocycles. The number of Topliss-reactive ketones (excluding diaryl/α,β-unsaturated/α-hetero) is 1. The van der Waals surface area contributed by atoms with Crippen molar-refractivity contribution in [1.29, 1.82) is 0 Å². The van der Waals surface area contributed by atoms with Crippen LogP contribution in [-0.4, -0.2) is 60.4 Å². The summed E-state index contributed by atoms with van der Waals surface area (Å²) in [5.41, 5.74) is 5.06. The normalized spacial score (nSPS) is 10.6. The van der Waals surface area contributed by atoms with Gasteiger partial charge in [-0.1, -0.05) is 18.2 Å². The minimum atomic E-state index is -1.15. The van der Waals surface area contributed by atoms with Crippen LogP contribution in [0, 0.1) is 0 Å². The molecule has 0 atom stereocenters. The molecule has 10 heteroatoms. The fourth-order valence-electron chi connectivity index (χ4n) is 2.91. The molecule has 10 nitrogen and oxygen atoms in total. The molecule has 0 radical (unpaired) electrons. The average Bonchev–Trinajstić information content (AvgIpc) is 3.11. The van der Waals surface area contributed by atoms with Crippen molar-refractivity contribution in [3.05, 3.63) is 30.5 Å². The van der Waals surface area contributed by atoms with Crippen LogP contribution in [0.5, 0.6) is 0 Å². The van der Waals surface area contributed by atoms with Gasteiger partial charge in [-0.05, 0) is 6.07 Å². The van der Waals surface area contributed by atoms with E-state index in [1.807, 2.05) is 54.1 Å². The van der Waals surface area contributed by atoms with Crippen LogP contribution in [0.4, 0.5) is 5.69 Å². The van der Waals surface area contributed by atoms with E-state index in [4.69, 9.17) is 5.11 Å². The van der Waals surface area contributed by atoms with Crippen molar-refractivity contribution in [2.45, 2.75) is 25.8 Å². The lowest BCUT2D eigenvalue weighted by Gasteiger charge is -2.15. The molecule has 4 N–H and O–H groups in total. The number of amides is 2. The van der Waals surface area contributed by atoms with Gasteiger partial charge in [0.2, 0.25) is 11.8 Å². The Bertz CT molecular complexity index is 923. The van der Waals surface area contributed by atoms with Gasteiger partial charge < -0.3 is 25.3 Å². The maximum Gasteiger partial charge on any atom is 0.322 e. The van der Waals surface area contributed by atoms with Crippen LogP contribution in [0.3, 0.4) is 0 Å². The number of carbonyl (C=O) groups is 4. The van der Waals surface area contributed by atoms with Crippen molar-refractivity contribution < 1.29 is 24.3 Å². The van der Waals surface area contributed by atoms with Crippen molar-refractivity contribution in [3.8, 4) is 0 Å². The Labute approximate surface area is 174 Å². The van der Waals surface area contributed by atoms with E-state index >= 15 is 0 Å². The molecule has 162 valence electrons. The Balaban J connectivity index is 1.80. The van der Waals surface area contributed by atoms with Crippen LogP contribution in [0.15, 0.2) is 30.5 Å². The summed E-state index contributed by atoms with van der Waals surface area (Å²) < 4.78 is 1.99. The number of carbonyl (C=O) groups excluding carboxylic acids is 3. The Morgan fingerprint density at radius 1 is 1.00 bits per heavy atom. The summed E-state index contributed by atoms with van der Waals surface area (Å²) in [5, 5.41) is 16.2. The van der Waals surface area contributed by atoms with Gasteiger partial charge in [0.1, 0.15) is 6.54 Å². The molecule has 1 aromatic heterocycles. The van der Waals surface area contributed by atoms with Crippen LogP contribution in [0.25, 0.3) is 10.9 Å². The number of aryl methyl sites for hydroxylation is 1. The van der Waals surface area contributed by atoms with Crippen LogP contribution >= 0.6 is 0 Å². The SMILES string of the molecule is CNN(C)c1cn(CCC(=O)NCC(=O)CCC(=O)NCC(=O)O)c2ccccc12. The molecule has 1 aromatic carbocycles. The summed E-state index contributed by atoms with van der Waals surface area (Å²) in [6.07, 6.45) is 2.00. The van der Waals surface area contributed by atoms with E-state index in [0.29, 0.717) is 6.54 Å². The number of carboxylic acid groups (broad SMARTS) is 1. The smallest absolute Gasteiger partial charge is 0.322 e. The zero-order chi connectivity index (χ0) is 22.1. The molecule has 0 unspecified atom stereocenters. The zero-order valence-electron chi connectivity index (χ0n) is 17.1. The van der Waals surface area contributed by atoms with Crippen LogP contribution in [0.1, 0.15) is 19.3 Å². The number of nitrogens with zero attached hydrogens (tertiary/aromatic N) is 2. The number of hydrazine groups is 1. The second-order valence-corrected chi connectivity index (χ2v) is 6.74. The van der Waals surface area contributed by atoms with Gasteiger partial charge in [-0.3, -0.25) is 19.2 Å². The van der Waals surface area contributed by atoms with Gasteiger partial charge in [0.25, 0.3) is 0 Å². The zero-order valence-corrected chi connectivity index (χ0v) is 17.1. The van der Waals surface area contributed by atoms with E-state index < -0.39 is 18.4 Å². The van der Waals surface area contributed by atoms with E-state index in [1.165, 1.54) is 0 Å². The molecule has 1 heterocycles. The highest BCUT2D eigenvalue weighted by Crippen LogP contribution is 2.27. The summed E-state index contributed by atoms with van der Waals surface area (Å²) in [4.78, 5) is 45.7. The van der Waals surface area contributed by atoms with E-state index in [0.717, 1.165) is 16.6 Å². The standard InChI is InChI=1S/C20H27N5O5/c1-21-24(2)17-13-25(16-6-4-3-5-15(16)17)10-9-19(28)22-11-14(26)7-8-18(27)23-12-20(29)30/h3-6,13,21H,7-12H2,1-2H3,(H,22,28)(H,23,27)(H,29,30). The number of aliphatic carboxylic acids is 1. The number of carboxylic acids is 1. The highest BCUT2D eigenvalue weighted by atomic mass is 16.4. The molecule has 0 aliphatic rings. The number of nitrogens with one attached hydrogen (secondary N) is 3. The molecule has 0 spiro atoms. The number of aromatic nitrogens is 1.